The van der Waals surface area contributed by atoms with Crippen molar-refractivity contribution in [1.29, 1.82) is 0 Å². The fourth-order valence-electron chi connectivity index (χ4n) is 3.22. The Morgan fingerprint density at radius 3 is 2.40 bits per heavy atom. The molecule has 0 radical (unpaired) electrons. The van der Waals surface area contributed by atoms with Crippen molar-refractivity contribution >= 4 is 20.6 Å². The highest BCUT2D eigenvalue weighted by atomic mass is 32.3. The highest BCUT2D eigenvalue weighted by Crippen LogP contribution is 2.40. The van der Waals surface area contributed by atoms with Crippen LogP contribution in [0.4, 0.5) is 4.39 Å². The number of nitrogens with two attached hydrogens (primary N) is 1. The molecule has 0 atom stereocenters. The molecule has 30 heavy (non-hydrogen) atoms. The Kier molecular flexibility index (Phi) is 5.13. The molecule has 154 valence electrons. The van der Waals surface area contributed by atoms with E-state index in [4.69, 9.17) is 10.1 Å². The van der Waals surface area contributed by atoms with Gasteiger partial charge in [0.2, 0.25) is 0 Å². The van der Waals surface area contributed by atoms with Gasteiger partial charge in [0.15, 0.2) is 0 Å². The Hall–Kier alpha value is -2.74. The fraction of sp³-hybridized carbons (Fsp3) is 0.130. The van der Waals surface area contributed by atoms with Gasteiger partial charge in [-0.25, -0.2) is 14.4 Å². The SMILES string of the molecule is CCc1nc(-c2ccc(F)cc2)c(-c2ccnc(S(C)(N)(=O)c3ccccc3)c2)s1. The largest absolute Gasteiger partial charge is 0.263 e. The number of aromatic nitrogens is 2. The number of pyridine rings is 1. The molecule has 2 heterocycles. The van der Waals surface area contributed by atoms with Crippen molar-refractivity contribution in [2.75, 3.05) is 6.26 Å². The van der Waals surface area contributed by atoms with Crippen LogP contribution in [0.15, 0.2) is 82.8 Å². The van der Waals surface area contributed by atoms with Crippen LogP contribution in [0.1, 0.15) is 11.9 Å². The Bertz CT molecular complexity index is 1260. The van der Waals surface area contributed by atoms with Crippen LogP contribution in [0.3, 0.4) is 0 Å². The molecule has 0 saturated carbocycles. The van der Waals surface area contributed by atoms with Gasteiger partial charge in [0.25, 0.3) is 0 Å². The molecule has 0 aliphatic rings. The molecule has 2 aromatic heterocycles. The normalized spacial score (nSPS) is 13.0. The van der Waals surface area contributed by atoms with Crippen LogP contribution >= 0.6 is 11.3 Å². The van der Waals surface area contributed by atoms with Crippen molar-refractivity contribution in [2.45, 2.75) is 23.3 Å². The highest BCUT2D eigenvalue weighted by Gasteiger charge is 2.33. The summed E-state index contributed by atoms with van der Waals surface area (Å²) in [5, 5.41) is 7.77. The van der Waals surface area contributed by atoms with E-state index in [1.54, 1.807) is 54.1 Å². The maximum Gasteiger partial charge on any atom is 0.123 e. The predicted octanol–water partition coefficient (Wildman–Crippen LogP) is 5.32. The van der Waals surface area contributed by atoms with Crippen LogP contribution in [-0.2, 0) is 15.7 Å². The smallest absolute Gasteiger partial charge is 0.123 e. The summed E-state index contributed by atoms with van der Waals surface area (Å²) < 4.78 is 27.3. The van der Waals surface area contributed by atoms with Gasteiger partial charge in [-0.1, -0.05) is 25.1 Å². The minimum Gasteiger partial charge on any atom is -0.263 e. The molecule has 0 spiro atoms. The average Bonchev–Trinajstić information content (AvgIpc) is 3.19. The maximum absolute atomic E-state index is 13.9. The number of aryl methyl sites for hydroxylation is 1. The molecule has 4 rings (SSSR count). The molecule has 2 aromatic carbocycles. The highest BCUT2D eigenvalue weighted by molar-refractivity contribution is 8.17. The third-order valence-corrected chi connectivity index (χ3v) is 8.89. The second-order valence-corrected chi connectivity index (χ2v) is 12.0. The van der Waals surface area contributed by atoms with E-state index in [1.165, 1.54) is 12.1 Å². The van der Waals surface area contributed by atoms with Crippen LogP contribution in [0.5, 0.6) is 0 Å². The second kappa shape index (κ2) is 7.50. The number of hydrogen-bond acceptors (Lipinski definition) is 4. The summed E-state index contributed by atoms with van der Waals surface area (Å²) in [6, 6.07) is 18.9. The quantitative estimate of drug-likeness (QED) is 0.458. The first kappa shape index (κ1) is 20.5. The minimum absolute atomic E-state index is 0.294. The molecule has 0 aliphatic carbocycles. The van der Waals surface area contributed by atoms with Crippen molar-refractivity contribution in [1.82, 2.24) is 9.97 Å². The van der Waals surface area contributed by atoms with E-state index >= 15 is 0 Å². The summed E-state index contributed by atoms with van der Waals surface area (Å²) in [6.07, 6.45) is 3.95. The molecule has 0 unspecified atom stereocenters. The lowest BCUT2D eigenvalue weighted by atomic mass is 10.1. The molecule has 4 aromatic rings. The standard InChI is InChI=1S/C23H22FN3OS2/c1-3-20-27-22(16-9-11-18(24)12-10-16)23(29-20)17-13-14-26-21(15-17)30(2,25,28)19-7-5-4-6-8-19/h4-15H,3H2,1-2H3,(H2,25,28). The van der Waals surface area contributed by atoms with E-state index in [9.17, 15) is 8.60 Å². The lowest BCUT2D eigenvalue weighted by Crippen LogP contribution is -2.42. The molecular weight excluding hydrogens is 417 g/mol. The summed E-state index contributed by atoms with van der Waals surface area (Å²) >= 11 is 1.56. The van der Waals surface area contributed by atoms with Crippen LogP contribution in [0.25, 0.3) is 21.7 Å². The molecule has 0 saturated heterocycles. The summed E-state index contributed by atoms with van der Waals surface area (Å²) in [5.41, 5.74) is 2.43. The summed E-state index contributed by atoms with van der Waals surface area (Å²) in [5.74, 6) is -0.294. The zero-order chi connectivity index (χ0) is 21.4. The third-order valence-electron chi connectivity index (χ3n) is 4.94. The number of thiazole rings is 1. The van der Waals surface area contributed by atoms with Gasteiger partial charge in [-0.3, -0.25) is 9.35 Å². The van der Waals surface area contributed by atoms with Crippen molar-refractivity contribution in [2.24, 2.45) is 5.14 Å². The number of hydrogen-bond donors (Lipinski definition) is 1. The summed E-state index contributed by atoms with van der Waals surface area (Å²) in [7, 11) is -3.85. The molecule has 7 heteroatoms. The Labute approximate surface area is 179 Å². The zero-order valence-electron chi connectivity index (χ0n) is 16.7. The fourth-order valence-corrected chi connectivity index (χ4v) is 6.06. The number of benzene rings is 2. The number of halogens is 1. The summed E-state index contributed by atoms with van der Waals surface area (Å²) in [4.78, 5) is 10.6. The molecule has 0 aliphatic heterocycles. The topological polar surface area (TPSA) is 68.9 Å². The van der Waals surface area contributed by atoms with Crippen molar-refractivity contribution < 1.29 is 8.60 Å². The molecule has 0 amide bonds. The van der Waals surface area contributed by atoms with Gasteiger partial charge >= 0.3 is 0 Å². The minimum atomic E-state index is -3.85. The molecule has 0 bridgehead atoms. The van der Waals surface area contributed by atoms with E-state index in [0.717, 1.165) is 33.1 Å². The molecular formula is C23H22FN3OS2. The second-order valence-electron chi connectivity index (χ2n) is 7.25. The van der Waals surface area contributed by atoms with Gasteiger partial charge in [0.05, 0.1) is 15.6 Å². The lowest BCUT2D eigenvalue weighted by Gasteiger charge is -2.33. The Balaban J connectivity index is 1.87. The lowest BCUT2D eigenvalue weighted by molar-refractivity contribution is 0.628. The molecule has 0 fully saturated rings. The van der Waals surface area contributed by atoms with Gasteiger partial charge < -0.3 is 0 Å². The monoisotopic (exact) mass is 439 g/mol. The first-order valence-corrected chi connectivity index (χ1v) is 12.7. The van der Waals surface area contributed by atoms with Crippen LogP contribution in [0.2, 0.25) is 0 Å². The van der Waals surface area contributed by atoms with E-state index < -0.39 is 9.25 Å². The van der Waals surface area contributed by atoms with Gasteiger partial charge in [0.1, 0.15) is 10.8 Å². The first-order valence-electron chi connectivity index (χ1n) is 9.49. The van der Waals surface area contributed by atoms with Gasteiger partial charge in [-0.05, 0) is 60.5 Å². The van der Waals surface area contributed by atoms with Crippen LogP contribution in [-0.4, -0.2) is 20.4 Å². The van der Waals surface area contributed by atoms with E-state index in [-0.39, 0.29) is 5.82 Å². The Morgan fingerprint density at radius 2 is 1.73 bits per heavy atom. The van der Waals surface area contributed by atoms with Crippen LogP contribution in [0, 0.1) is 5.82 Å². The van der Waals surface area contributed by atoms with Crippen molar-refractivity contribution in [3.63, 3.8) is 0 Å². The first-order chi connectivity index (χ1) is 14.3. The average molecular weight is 440 g/mol. The number of rotatable bonds is 5. The third kappa shape index (κ3) is 3.71. The maximum atomic E-state index is 13.9. The van der Waals surface area contributed by atoms with Gasteiger partial charge in [-0.15, -0.1) is 11.3 Å². The van der Waals surface area contributed by atoms with Gasteiger partial charge in [0, 0.05) is 32.2 Å². The number of nitrogens with zero attached hydrogens (tertiary/aromatic N) is 2. The molecule has 2 N–H and O–H groups in total. The molecule has 4 nitrogen and oxygen atoms in total. The van der Waals surface area contributed by atoms with E-state index in [1.807, 2.05) is 31.2 Å². The van der Waals surface area contributed by atoms with Crippen molar-refractivity contribution in [3.8, 4) is 21.7 Å². The Morgan fingerprint density at radius 1 is 1.03 bits per heavy atom. The van der Waals surface area contributed by atoms with Crippen LogP contribution < -0.4 is 5.14 Å². The van der Waals surface area contributed by atoms with E-state index in [0.29, 0.717) is 9.92 Å². The summed E-state index contributed by atoms with van der Waals surface area (Å²) in [6.45, 7) is 2.04. The predicted molar refractivity (Wildman–Crippen MR) is 121 cm³/mol. The van der Waals surface area contributed by atoms with E-state index in [2.05, 4.69) is 4.98 Å². The van der Waals surface area contributed by atoms with Gasteiger partial charge in [-0.2, -0.15) is 0 Å². The van der Waals surface area contributed by atoms with Crippen molar-refractivity contribution in [3.05, 3.63) is 83.8 Å². The zero-order valence-corrected chi connectivity index (χ0v) is 18.3.